The minimum atomic E-state index is -1.19. The van der Waals surface area contributed by atoms with Crippen LogP contribution in [0.2, 0.25) is 5.02 Å². The molecule has 1 saturated heterocycles. The molecule has 2 aromatic rings. The highest BCUT2D eigenvalue weighted by atomic mass is 35.5. The summed E-state index contributed by atoms with van der Waals surface area (Å²) in [6.45, 7) is 6.61. The van der Waals surface area contributed by atoms with E-state index in [0.29, 0.717) is 41.2 Å². The number of amides is 2. The molecule has 1 aromatic heterocycles. The summed E-state index contributed by atoms with van der Waals surface area (Å²) in [4.78, 5) is 28.4. The number of carbonyl (C=O) groups is 2. The van der Waals surface area contributed by atoms with E-state index in [4.69, 9.17) is 16.3 Å². The summed E-state index contributed by atoms with van der Waals surface area (Å²) in [5.41, 5.74) is 0.924. The lowest BCUT2D eigenvalue weighted by molar-refractivity contribution is -0.128. The molecule has 35 heavy (non-hydrogen) atoms. The predicted octanol–water partition coefficient (Wildman–Crippen LogP) is 3.14. The highest BCUT2D eigenvalue weighted by Gasteiger charge is 2.31. The van der Waals surface area contributed by atoms with Crippen molar-refractivity contribution in [3.05, 3.63) is 28.9 Å². The Morgan fingerprint density at radius 3 is 2.77 bits per heavy atom. The van der Waals surface area contributed by atoms with Gasteiger partial charge in [-0.3, -0.25) is 14.9 Å². The number of aromatic nitrogens is 1. The number of aromatic amines is 1. The summed E-state index contributed by atoms with van der Waals surface area (Å²) < 4.78 is 5.25. The van der Waals surface area contributed by atoms with Gasteiger partial charge < -0.3 is 25.5 Å². The number of rotatable bonds is 9. The van der Waals surface area contributed by atoms with Crippen molar-refractivity contribution in [3.8, 4) is 11.8 Å². The number of hydrogen-bond acceptors (Lipinski definition) is 6. The van der Waals surface area contributed by atoms with Crippen LogP contribution < -0.4 is 20.7 Å². The third-order valence-corrected chi connectivity index (χ3v) is 6.51. The Morgan fingerprint density at radius 1 is 1.40 bits per heavy atom. The summed E-state index contributed by atoms with van der Waals surface area (Å²) in [7, 11) is 1.53. The topological polar surface area (TPSA) is 139 Å². The maximum absolute atomic E-state index is 13.2. The van der Waals surface area contributed by atoms with Crippen molar-refractivity contribution < 1.29 is 19.4 Å². The standard InChI is InChI=1S/C25H34ClN5O4/c1-25(2,3)12-19(24(34)29-15(13-27)10-14-6-5-9-28-22(14)32)31-23(33)18-11-16-17(30-18)7-8-20(35-4)21(16)26/h7-8,11,14-15,19,23,30-31,33H,5-6,9-10,12H2,1-4H3,(H,28,32)(H,29,34)/t14?,15?,19?,23-/m1/s1. The van der Waals surface area contributed by atoms with E-state index in [1.807, 2.05) is 20.8 Å². The number of nitrogens with zero attached hydrogens (tertiary/aromatic N) is 1. The number of nitrogens with one attached hydrogen (secondary N) is 4. The van der Waals surface area contributed by atoms with Crippen LogP contribution in [0.5, 0.6) is 5.75 Å². The van der Waals surface area contributed by atoms with Crippen molar-refractivity contribution in [2.75, 3.05) is 13.7 Å². The number of H-pyrrole nitrogens is 1. The Balaban J connectivity index is 1.75. The SMILES string of the molecule is COc1ccc2[nH]c([C@@H](O)NC(CC(C)(C)C)C(=O)NC(C#N)CC3CCCNC3=O)cc2c1Cl. The number of carbonyl (C=O) groups excluding carboxylic acids is 2. The summed E-state index contributed by atoms with van der Waals surface area (Å²) in [5.74, 6) is -0.273. The second-order valence-electron chi connectivity index (χ2n) is 10.2. The van der Waals surface area contributed by atoms with E-state index in [1.165, 1.54) is 7.11 Å². The maximum atomic E-state index is 13.2. The molecule has 1 aliphatic rings. The molecule has 10 heteroatoms. The van der Waals surface area contributed by atoms with Gasteiger partial charge in [0, 0.05) is 23.4 Å². The van der Waals surface area contributed by atoms with E-state index in [9.17, 15) is 20.0 Å². The van der Waals surface area contributed by atoms with Crippen molar-refractivity contribution in [3.63, 3.8) is 0 Å². The monoisotopic (exact) mass is 503 g/mol. The smallest absolute Gasteiger partial charge is 0.238 e. The molecule has 4 atom stereocenters. The van der Waals surface area contributed by atoms with Gasteiger partial charge >= 0.3 is 0 Å². The van der Waals surface area contributed by atoms with E-state index < -0.39 is 24.2 Å². The lowest BCUT2D eigenvalue weighted by atomic mass is 9.87. The van der Waals surface area contributed by atoms with Crippen molar-refractivity contribution in [1.82, 2.24) is 20.9 Å². The Morgan fingerprint density at radius 2 is 2.14 bits per heavy atom. The van der Waals surface area contributed by atoms with Crippen molar-refractivity contribution in [1.29, 1.82) is 5.26 Å². The van der Waals surface area contributed by atoms with E-state index in [1.54, 1.807) is 18.2 Å². The number of aliphatic hydroxyl groups is 1. The number of ether oxygens (including phenoxy) is 1. The molecule has 0 saturated carbocycles. The Bertz CT molecular complexity index is 1100. The molecule has 1 fully saturated rings. The number of fused-ring (bicyclic) bond motifs is 1. The van der Waals surface area contributed by atoms with E-state index in [0.717, 1.165) is 11.9 Å². The highest BCUT2D eigenvalue weighted by molar-refractivity contribution is 6.37. The second-order valence-corrected chi connectivity index (χ2v) is 10.6. The Kier molecular flexibility index (Phi) is 8.65. The molecule has 0 bridgehead atoms. The summed E-state index contributed by atoms with van der Waals surface area (Å²) >= 11 is 6.40. The Hall–Kier alpha value is -2.80. The Labute approximate surface area is 210 Å². The number of hydrogen-bond donors (Lipinski definition) is 5. The fourth-order valence-electron chi connectivity index (χ4n) is 4.36. The van der Waals surface area contributed by atoms with Gasteiger partial charge in [-0.1, -0.05) is 32.4 Å². The van der Waals surface area contributed by atoms with E-state index >= 15 is 0 Å². The molecule has 190 valence electrons. The molecule has 0 radical (unpaired) electrons. The fraction of sp³-hybridized carbons (Fsp3) is 0.560. The minimum Gasteiger partial charge on any atom is -0.495 e. The summed E-state index contributed by atoms with van der Waals surface area (Å²) in [6.07, 6.45) is 1.01. The average molecular weight is 504 g/mol. The van der Waals surface area contributed by atoms with Crippen LogP contribution in [-0.4, -0.2) is 47.6 Å². The maximum Gasteiger partial charge on any atom is 0.238 e. The molecule has 2 heterocycles. The van der Waals surface area contributed by atoms with Gasteiger partial charge in [-0.25, -0.2) is 0 Å². The zero-order valence-electron chi connectivity index (χ0n) is 20.6. The molecule has 2 amide bonds. The number of methoxy groups -OCH3 is 1. The molecule has 1 aliphatic heterocycles. The lowest BCUT2D eigenvalue weighted by Crippen LogP contribution is -2.51. The van der Waals surface area contributed by atoms with Gasteiger partial charge in [-0.15, -0.1) is 0 Å². The fourth-order valence-corrected chi connectivity index (χ4v) is 4.65. The van der Waals surface area contributed by atoms with E-state index in [-0.39, 0.29) is 23.7 Å². The minimum absolute atomic E-state index is 0.0837. The molecule has 0 aliphatic carbocycles. The lowest BCUT2D eigenvalue weighted by Gasteiger charge is -2.29. The highest BCUT2D eigenvalue weighted by Crippen LogP contribution is 2.34. The number of benzene rings is 1. The van der Waals surface area contributed by atoms with Crippen molar-refractivity contribution in [2.24, 2.45) is 11.3 Å². The van der Waals surface area contributed by atoms with Gasteiger partial charge in [0.05, 0.1) is 29.9 Å². The number of aliphatic hydroxyl groups excluding tert-OH is 1. The third kappa shape index (κ3) is 6.88. The van der Waals surface area contributed by atoms with Crippen molar-refractivity contribution >= 4 is 34.3 Å². The third-order valence-electron chi connectivity index (χ3n) is 6.12. The van der Waals surface area contributed by atoms with Gasteiger partial charge in [0.15, 0.2) is 0 Å². The van der Waals surface area contributed by atoms with Gasteiger partial charge in [-0.05, 0) is 49.3 Å². The van der Waals surface area contributed by atoms with Gasteiger partial charge in [0.2, 0.25) is 11.8 Å². The zero-order chi connectivity index (χ0) is 25.8. The van der Waals surface area contributed by atoms with Gasteiger partial charge in [0.25, 0.3) is 0 Å². The molecular formula is C25H34ClN5O4. The normalized spacial score (nSPS) is 18.9. The first-order valence-electron chi connectivity index (χ1n) is 11.8. The van der Waals surface area contributed by atoms with Crippen molar-refractivity contribution in [2.45, 2.75) is 64.8 Å². The largest absolute Gasteiger partial charge is 0.495 e. The number of halogens is 1. The molecule has 0 spiro atoms. The van der Waals surface area contributed by atoms with Gasteiger partial charge in [-0.2, -0.15) is 5.26 Å². The molecule has 3 unspecified atom stereocenters. The van der Waals surface area contributed by atoms with Crippen LogP contribution in [-0.2, 0) is 9.59 Å². The average Bonchev–Trinajstić information content (AvgIpc) is 3.24. The van der Waals surface area contributed by atoms with Crippen LogP contribution in [0.3, 0.4) is 0 Å². The molecule has 9 nitrogen and oxygen atoms in total. The molecular weight excluding hydrogens is 470 g/mol. The first kappa shape index (κ1) is 26.8. The van der Waals surface area contributed by atoms with Crippen LogP contribution in [0.4, 0.5) is 0 Å². The molecule has 3 rings (SSSR count). The molecule has 5 N–H and O–H groups in total. The molecule has 1 aromatic carbocycles. The zero-order valence-corrected chi connectivity index (χ0v) is 21.3. The van der Waals surface area contributed by atoms with Crippen LogP contribution in [0.1, 0.15) is 58.4 Å². The first-order valence-corrected chi connectivity index (χ1v) is 12.2. The van der Waals surface area contributed by atoms with Gasteiger partial charge in [0.1, 0.15) is 18.0 Å². The second kappa shape index (κ2) is 11.3. The predicted molar refractivity (Wildman–Crippen MR) is 134 cm³/mol. The van der Waals surface area contributed by atoms with Crippen LogP contribution in [0.15, 0.2) is 18.2 Å². The first-order chi connectivity index (χ1) is 16.5. The van der Waals surface area contributed by atoms with E-state index in [2.05, 4.69) is 27.0 Å². The summed E-state index contributed by atoms with van der Waals surface area (Å²) in [5, 5.41) is 30.2. The van der Waals surface area contributed by atoms with Crippen LogP contribution >= 0.6 is 11.6 Å². The summed E-state index contributed by atoms with van der Waals surface area (Å²) in [6, 6.07) is 5.76. The quantitative estimate of drug-likeness (QED) is 0.333. The number of nitriles is 1. The number of piperidine rings is 1. The van der Waals surface area contributed by atoms with Crippen LogP contribution in [0, 0.1) is 22.7 Å². The van der Waals surface area contributed by atoms with Crippen LogP contribution in [0.25, 0.3) is 10.9 Å².